The summed E-state index contributed by atoms with van der Waals surface area (Å²) in [6.45, 7) is 10.3. The summed E-state index contributed by atoms with van der Waals surface area (Å²) >= 11 is 0. The van der Waals surface area contributed by atoms with E-state index in [9.17, 15) is 4.79 Å². The monoisotopic (exact) mass is 438 g/mol. The minimum Gasteiger partial charge on any atom is -0.450 e. The number of anilines is 1. The van der Waals surface area contributed by atoms with Gasteiger partial charge in [0.1, 0.15) is 5.82 Å². The molecule has 0 aromatic carbocycles. The maximum Gasteiger partial charge on any atom is 0.409 e. The van der Waals surface area contributed by atoms with Crippen molar-refractivity contribution in [3.05, 3.63) is 30.2 Å². The summed E-state index contributed by atoms with van der Waals surface area (Å²) in [5, 5.41) is 4.43. The van der Waals surface area contributed by atoms with Gasteiger partial charge >= 0.3 is 6.09 Å². The lowest BCUT2D eigenvalue weighted by Gasteiger charge is -2.48. The molecule has 1 aliphatic carbocycles. The van der Waals surface area contributed by atoms with Crippen LogP contribution < -0.4 is 4.90 Å². The van der Waals surface area contributed by atoms with E-state index in [0.717, 1.165) is 56.3 Å². The number of likely N-dealkylation sites (tertiary alicyclic amines) is 1. The van der Waals surface area contributed by atoms with E-state index in [1.165, 1.54) is 24.8 Å². The largest absolute Gasteiger partial charge is 0.450 e. The molecular weight excluding hydrogens is 404 g/mol. The number of aromatic nitrogens is 3. The van der Waals surface area contributed by atoms with Crippen LogP contribution in [0.2, 0.25) is 0 Å². The highest BCUT2D eigenvalue weighted by molar-refractivity contribution is 5.77. The molecule has 1 spiro atoms. The summed E-state index contributed by atoms with van der Waals surface area (Å²) in [4.78, 5) is 23.7. The van der Waals surface area contributed by atoms with E-state index < -0.39 is 0 Å². The number of carbonyl (C=O) groups excluding carboxylic acids is 1. The fourth-order valence-electron chi connectivity index (χ4n) is 5.80. The van der Waals surface area contributed by atoms with E-state index >= 15 is 0 Å². The van der Waals surface area contributed by atoms with Crippen LogP contribution in [-0.2, 0) is 11.8 Å². The zero-order valence-electron chi connectivity index (χ0n) is 19.5. The average molecular weight is 439 g/mol. The van der Waals surface area contributed by atoms with Gasteiger partial charge in [-0.2, -0.15) is 5.10 Å². The standard InChI is InChI=1S/C24H34N6O2/c1-4-32-23(31)30-16-24(17-30)8-7-19(14-24)28-10-12-29(13-11-28)22-20(6-5-9-25-22)21-15-26-27(3)18(21)2/h5-6,9,15,19H,4,7-8,10-14,16-17H2,1-3H3/t19-/m1/s1. The van der Waals surface area contributed by atoms with Crippen LogP contribution in [0.1, 0.15) is 31.9 Å². The van der Waals surface area contributed by atoms with E-state index in [0.29, 0.717) is 18.1 Å². The molecule has 8 nitrogen and oxygen atoms in total. The maximum atomic E-state index is 11.9. The van der Waals surface area contributed by atoms with Gasteiger partial charge in [0, 0.05) is 80.8 Å². The Morgan fingerprint density at radius 2 is 2.00 bits per heavy atom. The third-order valence-corrected chi connectivity index (χ3v) is 7.70. The Hall–Kier alpha value is -2.61. The van der Waals surface area contributed by atoms with Gasteiger partial charge in [0.05, 0.1) is 12.8 Å². The Morgan fingerprint density at radius 3 is 2.69 bits per heavy atom. The van der Waals surface area contributed by atoms with Crippen molar-refractivity contribution in [1.82, 2.24) is 24.6 Å². The lowest BCUT2D eigenvalue weighted by molar-refractivity contribution is -0.00294. The third-order valence-electron chi connectivity index (χ3n) is 7.70. The average Bonchev–Trinajstić information content (AvgIpc) is 3.38. The van der Waals surface area contributed by atoms with E-state index in [-0.39, 0.29) is 6.09 Å². The number of rotatable bonds is 4. The number of hydrogen-bond donors (Lipinski definition) is 0. The first-order chi connectivity index (χ1) is 15.5. The molecule has 2 aromatic heterocycles. The number of amides is 1. The van der Waals surface area contributed by atoms with Gasteiger partial charge in [-0.3, -0.25) is 9.58 Å². The molecule has 1 atom stereocenters. The number of piperazine rings is 1. The fourth-order valence-corrected chi connectivity index (χ4v) is 5.80. The van der Waals surface area contributed by atoms with E-state index in [4.69, 9.17) is 9.72 Å². The topological polar surface area (TPSA) is 66.7 Å². The molecule has 0 radical (unpaired) electrons. The Kier molecular flexibility index (Phi) is 5.57. The van der Waals surface area contributed by atoms with Crippen molar-refractivity contribution in [3.63, 3.8) is 0 Å². The van der Waals surface area contributed by atoms with E-state index in [1.54, 1.807) is 0 Å². The first-order valence-corrected chi connectivity index (χ1v) is 11.8. The van der Waals surface area contributed by atoms with E-state index in [1.807, 2.05) is 42.0 Å². The van der Waals surface area contributed by atoms with Crippen LogP contribution in [0.3, 0.4) is 0 Å². The minimum atomic E-state index is -0.148. The van der Waals surface area contributed by atoms with Crippen molar-refractivity contribution in [2.45, 2.75) is 39.2 Å². The molecule has 8 heteroatoms. The van der Waals surface area contributed by atoms with Gasteiger partial charge < -0.3 is 14.5 Å². The SMILES string of the molecule is CCOC(=O)N1CC2(CC[C@@H](N3CCN(c4ncccc4-c4cnn(C)c4C)CC3)C2)C1. The Bertz CT molecular complexity index is 975. The second-order valence-corrected chi connectivity index (χ2v) is 9.62. The number of aryl methyl sites for hydroxylation is 1. The first-order valence-electron chi connectivity index (χ1n) is 11.8. The molecule has 32 heavy (non-hydrogen) atoms. The summed E-state index contributed by atoms with van der Waals surface area (Å²) in [5.74, 6) is 1.07. The zero-order chi connectivity index (χ0) is 22.3. The molecule has 2 saturated heterocycles. The van der Waals surface area contributed by atoms with Crippen molar-refractivity contribution < 1.29 is 9.53 Å². The fraction of sp³-hybridized carbons (Fsp3) is 0.625. The molecule has 2 aliphatic heterocycles. The van der Waals surface area contributed by atoms with Gasteiger partial charge in [-0.1, -0.05) is 0 Å². The molecule has 3 fully saturated rings. The van der Waals surface area contributed by atoms with Crippen molar-refractivity contribution in [2.75, 3.05) is 50.8 Å². The normalized spacial score (nSPS) is 22.9. The van der Waals surface area contributed by atoms with Crippen molar-refractivity contribution in [2.24, 2.45) is 12.5 Å². The van der Waals surface area contributed by atoms with Crippen LogP contribution >= 0.6 is 0 Å². The van der Waals surface area contributed by atoms with Crippen LogP contribution in [0.4, 0.5) is 10.6 Å². The minimum absolute atomic E-state index is 0.148. The lowest BCUT2D eigenvalue weighted by atomic mass is 9.78. The van der Waals surface area contributed by atoms with Gasteiger partial charge in [0.2, 0.25) is 0 Å². The van der Waals surface area contributed by atoms with Crippen LogP contribution in [0.15, 0.2) is 24.5 Å². The van der Waals surface area contributed by atoms with Crippen LogP contribution in [-0.4, -0.2) is 82.6 Å². The highest BCUT2D eigenvalue weighted by atomic mass is 16.6. The van der Waals surface area contributed by atoms with Crippen LogP contribution in [0.25, 0.3) is 11.1 Å². The summed E-state index contributed by atoms with van der Waals surface area (Å²) in [6.07, 6.45) is 7.35. The molecule has 5 rings (SSSR count). The van der Waals surface area contributed by atoms with Crippen molar-refractivity contribution in [3.8, 4) is 11.1 Å². The second kappa shape index (κ2) is 8.39. The molecule has 0 N–H and O–H groups in total. The van der Waals surface area contributed by atoms with Crippen LogP contribution in [0, 0.1) is 12.3 Å². The highest BCUT2D eigenvalue weighted by Crippen LogP contribution is 2.47. The smallest absolute Gasteiger partial charge is 0.409 e. The summed E-state index contributed by atoms with van der Waals surface area (Å²) in [6, 6.07) is 4.80. The predicted octanol–water partition coefficient (Wildman–Crippen LogP) is 2.92. The summed E-state index contributed by atoms with van der Waals surface area (Å²) in [7, 11) is 1.98. The highest BCUT2D eigenvalue weighted by Gasteiger charge is 2.51. The van der Waals surface area contributed by atoms with Gasteiger partial charge in [-0.25, -0.2) is 9.78 Å². The third kappa shape index (κ3) is 3.74. The molecule has 4 heterocycles. The quantitative estimate of drug-likeness (QED) is 0.731. The lowest BCUT2D eigenvalue weighted by Crippen LogP contribution is -2.58. The Balaban J connectivity index is 1.19. The van der Waals surface area contributed by atoms with Crippen LogP contribution in [0.5, 0.6) is 0 Å². The molecule has 1 amide bonds. The summed E-state index contributed by atoms with van der Waals surface area (Å²) < 4.78 is 7.08. The molecule has 3 aliphatic rings. The van der Waals surface area contributed by atoms with Crippen molar-refractivity contribution in [1.29, 1.82) is 0 Å². The first kappa shape index (κ1) is 21.2. The van der Waals surface area contributed by atoms with Gasteiger partial charge in [-0.15, -0.1) is 0 Å². The number of pyridine rings is 1. The molecule has 1 saturated carbocycles. The number of ether oxygens (including phenoxy) is 1. The molecular formula is C24H34N6O2. The number of carbonyl (C=O) groups is 1. The zero-order valence-corrected chi connectivity index (χ0v) is 19.5. The van der Waals surface area contributed by atoms with Gasteiger partial charge in [0.15, 0.2) is 0 Å². The van der Waals surface area contributed by atoms with Gasteiger partial charge in [0.25, 0.3) is 0 Å². The number of nitrogens with zero attached hydrogens (tertiary/aromatic N) is 6. The van der Waals surface area contributed by atoms with Crippen molar-refractivity contribution >= 4 is 11.9 Å². The molecule has 172 valence electrons. The Labute approximate surface area is 190 Å². The Morgan fingerprint density at radius 1 is 1.22 bits per heavy atom. The molecule has 0 bridgehead atoms. The van der Waals surface area contributed by atoms with Gasteiger partial charge in [-0.05, 0) is 45.2 Å². The molecule has 2 aromatic rings. The summed E-state index contributed by atoms with van der Waals surface area (Å²) in [5.41, 5.74) is 3.80. The number of hydrogen-bond acceptors (Lipinski definition) is 6. The second-order valence-electron chi connectivity index (χ2n) is 9.62. The molecule has 0 unspecified atom stereocenters. The predicted molar refractivity (Wildman–Crippen MR) is 124 cm³/mol. The van der Waals surface area contributed by atoms with E-state index in [2.05, 4.69) is 27.9 Å². The maximum absolute atomic E-state index is 11.9.